The molecular formula is C24H28FN3O2S. The van der Waals surface area contributed by atoms with E-state index in [-0.39, 0.29) is 18.0 Å². The average molecular weight is 442 g/mol. The van der Waals surface area contributed by atoms with Crippen molar-refractivity contribution in [3.05, 3.63) is 60.4 Å². The molecular weight excluding hydrogens is 413 g/mol. The van der Waals surface area contributed by atoms with Crippen molar-refractivity contribution in [2.24, 2.45) is 4.99 Å². The molecule has 0 aromatic heterocycles. The first-order valence-electron chi connectivity index (χ1n) is 10.7. The third kappa shape index (κ3) is 6.66. The minimum absolute atomic E-state index is 0.0632. The van der Waals surface area contributed by atoms with Gasteiger partial charge in [-0.25, -0.2) is 9.38 Å². The second-order valence-electron chi connectivity index (χ2n) is 7.47. The van der Waals surface area contributed by atoms with E-state index in [2.05, 4.69) is 17.2 Å². The topological polar surface area (TPSA) is 61.8 Å². The van der Waals surface area contributed by atoms with Gasteiger partial charge in [-0.3, -0.25) is 14.5 Å². The van der Waals surface area contributed by atoms with Crippen molar-refractivity contribution < 1.29 is 14.0 Å². The van der Waals surface area contributed by atoms with Gasteiger partial charge in [-0.15, -0.1) is 0 Å². The lowest BCUT2D eigenvalue weighted by Crippen LogP contribution is -2.45. The van der Waals surface area contributed by atoms with Crippen molar-refractivity contribution in [3.63, 3.8) is 0 Å². The van der Waals surface area contributed by atoms with Crippen LogP contribution in [0.25, 0.3) is 0 Å². The van der Waals surface area contributed by atoms with E-state index in [4.69, 9.17) is 0 Å². The molecule has 1 atom stereocenters. The standard InChI is InChI=1S/C24H28FN3O2S/c1-2-3-4-5-11-16-28-22(29)17-21(23(30)27-20-15-10-9-14-19(20)25)31-24(28)26-18-12-7-6-8-13-18/h6-10,12-15,21H,2-5,11,16-17H2,1H3,(H,27,30). The zero-order valence-corrected chi connectivity index (χ0v) is 18.5. The first-order chi connectivity index (χ1) is 15.1. The van der Waals surface area contributed by atoms with Gasteiger partial charge in [0.05, 0.1) is 11.4 Å². The Morgan fingerprint density at radius 3 is 2.55 bits per heavy atom. The van der Waals surface area contributed by atoms with Gasteiger partial charge >= 0.3 is 0 Å². The zero-order chi connectivity index (χ0) is 22.1. The van der Waals surface area contributed by atoms with Crippen molar-refractivity contribution in [3.8, 4) is 0 Å². The average Bonchev–Trinajstić information content (AvgIpc) is 2.77. The summed E-state index contributed by atoms with van der Waals surface area (Å²) in [6, 6.07) is 15.4. The maximum atomic E-state index is 13.9. The molecule has 0 aliphatic carbocycles. The second kappa shape index (κ2) is 11.6. The molecule has 1 fully saturated rings. The molecule has 5 nitrogen and oxygen atoms in total. The van der Waals surface area contributed by atoms with Crippen LogP contribution in [0.5, 0.6) is 0 Å². The Hall–Kier alpha value is -2.67. The number of halogens is 1. The van der Waals surface area contributed by atoms with Gasteiger partial charge < -0.3 is 5.32 Å². The van der Waals surface area contributed by atoms with Crippen LogP contribution in [-0.2, 0) is 9.59 Å². The summed E-state index contributed by atoms with van der Waals surface area (Å²) < 4.78 is 13.9. The molecule has 3 rings (SSSR count). The Morgan fingerprint density at radius 1 is 1.10 bits per heavy atom. The smallest absolute Gasteiger partial charge is 0.238 e. The molecule has 1 aliphatic heterocycles. The quantitative estimate of drug-likeness (QED) is 0.504. The van der Waals surface area contributed by atoms with E-state index in [1.807, 2.05) is 30.3 Å². The molecule has 1 N–H and O–H groups in total. The number of aliphatic imine (C=N–C) groups is 1. The summed E-state index contributed by atoms with van der Waals surface area (Å²) in [5, 5.41) is 2.46. The third-order valence-electron chi connectivity index (χ3n) is 5.03. The Balaban J connectivity index is 1.74. The predicted octanol–water partition coefficient (Wildman–Crippen LogP) is 5.76. The molecule has 164 valence electrons. The Bertz CT molecular complexity index is 920. The Kier molecular flexibility index (Phi) is 8.64. The van der Waals surface area contributed by atoms with Crippen molar-refractivity contribution in [1.82, 2.24) is 4.90 Å². The molecule has 1 heterocycles. The van der Waals surface area contributed by atoms with E-state index in [1.54, 1.807) is 17.0 Å². The number of anilines is 1. The summed E-state index contributed by atoms with van der Waals surface area (Å²) in [4.78, 5) is 32.0. The Morgan fingerprint density at radius 2 is 1.81 bits per heavy atom. The lowest BCUT2D eigenvalue weighted by molar-refractivity contribution is -0.129. The number of amidine groups is 1. The van der Waals surface area contributed by atoms with Gasteiger partial charge in [-0.05, 0) is 30.7 Å². The van der Waals surface area contributed by atoms with Gasteiger partial charge in [-0.2, -0.15) is 0 Å². The molecule has 0 radical (unpaired) electrons. The number of para-hydroxylation sites is 2. The fraction of sp³-hybridized carbons (Fsp3) is 0.375. The highest BCUT2D eigenvalue weighted by Gasteiger charge is 2.35. The number of nitrogens with one attached hydrogen (secondary N) is 1. The lowest BCUT2D eigenvalue weighted by atomic mass is 10.1. The molecule has 7 heteroatoms. The van der Waals surface area contributed by atoms with Crippen LogP contribution in [0.3, 0.4) is 0 Å². The predicted molar refractivity (Wildman–Crippen MR) is 125 cm³/mol. The first-order valence-corrected chi connectivity index (χ1v) is 11.6. The Labute approximate surface area is 187 Å². The number of carbonyl (C=O) groups is 2. The summed E-state index contributed by atoms with van der Waals surface area (Å²) in [5.74, 6) is -1.03. The van der Waals surface area contributed by atoms with Crippen LogP contribution in [0.1, 0.15) is 45.4 Å². The molecule has 1 aliphatic rings. The number of amides is 2. The summed E-state index contributed by atoms with van der Waals surface area (Å²) >= 11 is 1.26. The number of thioether (sulfide) groups is 1. The second-order valence-corrected chi connectivity index (χ2v) is 8.64. The molecule has 2 amide bonds. The summed E-state index contributed by atoms with van der Waals surface area (Å²) in [5.41, 5.74) is 0.837. The van der Waals surface area contributed by atoms with E-state index < -0.39 is 17.0 Å². The van der Waals surface area contributed by atoms with E-state index >= 15 is 0 Å². The molecule has 31 heavy (non-hydrogen) atoms. The molecule has 1 saturated heterocycles. The number of benzene rings is 2. The van der Waals surface area contributed by atoms with Crippen LogP contribution in [-0.4, -0.2) is 33.7 Å². The van der Waals surface area contributed by atoms with Gasteiger partial charge in [0, 0.05) is 13.0 Å². The summed E-state index contributed by atoms with van der Waals surface area (Å²) in [7, 11) is 0. The zero-order valence-electron chi connectivity index (χ0n) is 17.7. The normalized spacial score (nSPS) is 17.7. The molecule has 2 aromatic rings. The molecule has 1 unspecified atom stereocenters. The number of unbranched alkanes of at least 4 members (excludes halogenated alkanes) is 4. The minimum atomic E-state index is -0.661. The fourth-order valence-electron chi connectivity index (χ4n) is 3.32. The highest BCUT2D eigenvalue weighted by molar-refractivity contribution is 8.15. The van der Waals surface area contributed by atoms with Gasteiger partial charge in [0.25, 0.3) is 0 Å². The van der Waals surface area contributed by atoms with E-state index in [1.165, 1.54) is 30.3 Å². The fourth-order valence-corrected chi connectivity index (χ4v) is 4.45. The van der Waals surface area contributed by atoms with Gasteiger partial charge in [-0.1, -0.05) is 74.7 Å². The van der Waals surface area contributed by atoms with Crippen LogP contribution in [0.15, 0.2) is 59.6 Å². The van der Waals surface area contributed by atoms with Crippen molar-refractivity contribution in [1.29, 1.82) is 0 Å². The van der Waals surface area contributed by atoms with Crippen LogP contribution in [0.4, 0.5) is 15.8 Å². The minimum Gasteiger partial charge on any atom is -0.323 e. The molecule has 0 saturated carbocycles. The maximum absolute atomic E-state index is 13.9. The van der Waals surface area contributed by atoms with Crippen molar-refractivity contribution >= 4 is 40.1 Å². The van der Waals surface area contributed by atoms with Gasteiger partial charge in [0.15, 0.2) is 5.17 Å². The van der Waals surface area contributed by atoms with Gasteiger partial charge in [0.2, 0.25) is 11.8 Å². The van der Waals surface area contributed by atoms with Crippen LogP contribution in [0, 0.1) is 5.82 Å². The highest BCUT2D eigenvalue weighted by atomic mass is 32.2. The molecule has 0 bridgehead atoms. The largest absolute Gasteiger partial charge is 0.323 e. The van der Waals surface area contributed by atoms with Crippen molar-refractivity contribution in [2.45, 2.75) is 50.7 Å². The number of rotatable bonds is 9. The van der Waals surface area contributed by atoms with Crippen molar-refractivity contribution in [2.75, 3.05) is 11.9 Å². The van der Waals surface area contributed by atoms with E-state index in [0.29, 0.717) is 11.7 Å². The number of hydrogen-bond acceptors (Lipinski definition) is 4. The SMILES string of the molecule is CCCCCCCN1C(=O)CC(C(=O)Nc2ccccc2F)SC1=Nc1ccccc1. The lowest BCUT2D eigenvalue weighted by Gasteiger charge is -2.32. The summed E-state index contributed by atoms with van der Waals surface area (Å²) in [6.45, 7) is 2.75. The van der Waals surface area contributed by atoms with Crippen LogP contribution >= 0.6 is 11.8 Å². The monoisotopic (exact) mass is 441 g/mol. The highest BCUT2D eigenvalue weighted by Crippen LogP contribution is 2.30. The van der Waals surface area contributed by atoms with E-state index in [9.17, 15) is 14.0 Å². The van der Waals surface area contributed by atoms with Crippen LogP contribution in [0.2, 0.25) is 0 Å². The molecule has 0 spiro atoms. The third-order valence-corrected chi connectivity index (χ3v) is 6.22. The number of carbonyl (C=O) groups excluding carboxylic acids is 2. The maximum Gasteiger partial charge on any atom is 0.238 e. The molecule has 2 aromatic carbocycles. The van der Waals surface area contributed by atoms with E-state index in [0.717, 1.165) is 31.4 Å². The summed E-state index contributed by atoms with van der Waals surface area (Å²) in [6.07, 6.45) is 5.51. The first kappa shape index (κ1) is 23.0. The number of hydrogen-bond donors (Lipinski definition) is 1. The van der Waals surface area contributed by atoms with Gasteiger partial charge in [0.1, 0.15) is 11.1 Å². The number of nitrogens with zero attached hydrogens (tertiary/aromatic N) is 2. The van der Waals surface area contributed by atoms with Crippen LogP contribution < -0.4 is 5.32 Å².